The Bertz CT molecular complexity index is 575. The maximum atomic E-state index is 13.8. The van der Waals surface area contributed by atoms with E-state index in [0.29, 0.717) is 37.3 Å². The molecule has 0 saturated carbocycles. The second-order valence-electron chi connectivity index (χ2n) is 5.64. The molecule has 0 N–H and O–H groups in total. The Balaban J connectivity index is 2.75. The van der Waals surface area contributed by atoms with Gasteiger partial charge in [-0.25, -0.2) is 0 Å². The van der Waals surface area contributed by atoms with Gasteiger partial charge in [-0.1, -0.05) is 0 Å². The average Bonchev–Trinajstić information content (AvgIpc) is 2.50. The van der Waals surface area contributed by atoms with E-state index in [-0.39, 0.29) is 17.1 Å². The standard InChI is InChI=1S/C16H20ClF3O3/c1-15(6-4-7-17)12-10(5-8-23-15)9-11(21-2)14(22-3)13(12)16(18,19)20/h9H,4-8H2,1-3H3. The summed E-state index contributed by atoms with van der Waals surface area (Å²) in [5, 5.41) is 0. The van der Waals surface area contributed by atoms with Gasteiger partial charge < -0.3 is 14.2 Å². The Morgan fingerprint density at radius 3 is 2.52 bits per heavy atom. The maximum Gasteiger partial charge on any atom is 0.420 e. The summed E-state index contributed by atoms with van der Waals surface area (Å²) in [5.41, 5.74) is -1.14. The van der Waals surface area contributed by atoms with E-state index >= 15 is 0 Å². The van der Waals surface area contributed by atoms with Crippen LogP contribution >= 0.6 is 11.6 Å². The molecule has 0 aromatic heterocycles. The van der Waals surface area contributed by atoms with Crippen LogP contribution < -0.4 is 9.47 Å². The second-order valence-corrected chi connectivity index (χ2v) is 6.02. The number of hydrogen-bond acceptors (Lipinski definition) is 3. The lowest BCUT2D eigenvalue weighted by atomic mass is 9.80. The van der Waals surface area contributed by atoms with Gasteiger partial charge in [0.15, 0.2) is 11.5 Å². The molecule has 0 bridgehead atoms. The van der Waals surface area contributed by atoms with Crippen LogP contribution in [0.25, 0.3) is 0 Å². The van der Waals surface area contributed by atoms with Gasteiger partial charge in [0.2, 0.25) is 0 Å². The van der Waals surface area contributed by atoms with Crippen LogP contribution in [0.15, 0.2) is 6.07 Å². The fourth-order valence-electron chi connectivity index (χ4n) is 3.18. The normalized spacial score (nSPS) is 21.0. The van der Waals surface area contributed by atoms with Crippen molar-refractivity contribution in [3.05, 3.63) is 22.8 Å². The first-order valence-corrected chi connectivity index (χ1v) is 7.87. The lowest BCUT2D eigenvalue weighted by Crippen LogP contribution is -2.36. The molecule has 2 rings (SSSR count). The monoisotopic (exact) mass is 352 g/mol. The van der Waals surface area contributed by atoms with E-state index < -0.39 is 17.3 Å². The Kier molecular flexibility index (Phi) is 5.36. The van der Waals surface area contributed by atoms with Gasteiger partial charge in [-0.05, 0) is 37.8 Å². The average molecular weight is 353 g/mol. The summed E-state index contributed by atoms with van der Waals surface area (Å²) in [5.74, 6) is 0.143. The van der Waals surface area contributed by atoms with Crippen molar-refractivity contribution in [2.24, 2.45) is 0 Å². The summed E-state index contributed by atoms with van der Waals surface area (Å²) in [6.07, 6.45) is -3.21. The molecule has 1 atom stereocenters. The minimum absolute atomic E-state index is 0.0835. The van der Waals surface area contributed by atoms with Gasteiger partial charge in [0.25, 0.3) is 0 Å². The summed E-state index contributed by atoms with van der Waals surface area (Å²) < 4.78 is 57.2. The predicted octanol–water partition coefficient (Wildman–Crippen LogP) is 4.53. The van der Waals surface area contributed by atoms with Gasteiger partial charge in [-0.15, -0.1) is 11.6 Å². The molecule has 1 heterocycles. The number of methoxy groups -OCH3 is 2. The van der Waals surface area contributed by atoms with Crippen molar-refractivity contribution in [2.75, 3.05) is 26.7 Å². The Morgan fingerprint density at radius 2 is 2.00 bits per heavy atom. The number of hydrogen-bond donors (Lipinski definition) is 0. The first-order valence-electron chi connectivity index (χ1n) is 7.34. The number of ether oxygens (including phenoxy) is 3. The van der Waals surface area contributed by atoms with Crippen LogP contribution in [0.4, 0.5) is 13.2 Å². The van der Waals surface area contributed by atoms with E-state index in [1.54, 1.807) is 13.0 Å². The number of benzene rings is 1. The molecule has 23 heavy (non-hydrogen) atoms. The molecule has 7 heteroatoms. The van der Waals surface area contributed by atoms with Crippen molar-refractivity contribution in [3.8, 4) is 11.5 Å². The van der Waals surface area contributed by atoms with E-state index in [9.17, 15) is 13.2 Å². The van der Waals surface area contributed by atoms with Crippen LogP contribution in [-0.2, 0) is 22.9 Å². The molecule has 1 aliphatic heterocycles. The molecule has 1 aromatic carbocycles. The van der Waals surface area contributed by atoms with Crippen molar-refractivity contribution in [1.82, 2.24) is 0 Å². The molecule has 0 saturated heterocycles. The Morgan fingerprint density at radius 1 is 1.30 bits per heavy atom. The largest absolute Gasteiger partial charge is 0.493 e. The summed E-state index contributed by atoms with van der Waals surface area (Å²) in [6, 6.07) is 1.62. The van der Waals surface area contributed by atoms with Gasteiger partial charge >= 0.3 is 6.18 Å². The Hall–Kier alpha value is -1.14. The van der Waals surface area contributed by atoms with Crippen LogP contribution in [-0.4, -0.2) is 26.7 Å². The van der Waals surface area contributed by atoms with Crippen LogP contribution in [0, 0.1) is 0 Å². The Labute approximate surface area is 138 Å². The van der Waals surface area contributed by atoms with E-state index in [1.807, 2.05) is 0 Å². The first-order chi connectivity index (χ1) is 10.8. The third-order valence-corrected chi connectivity index (χ3v) is 4.41. The van der Waals surface area contributed by atoms with Crippen LogP contribution in [0.3, 0.4) is 0 Å². The first kappa shape index (κ1) is 18.2. The summed E-state index contributed by atoms with van der Waals surface area (Å²) in [4.78, 5) is 0. The summed E-state index contributed by atoms with van der Waals surface area (Å²) in [7, 11) is 2.54. The van der Waals surface area contributed by atoms with E-state index in [1.165, 1.54) is 14.2 Å². The number of rotatable bonds is 5. The summed E-state index contributed by atoms with van der Waals surface area (Å²) in [6.45, 7) is 2.04. The van der Waals surface area contributed by atoms with Gasteiger partial charge in [0.1, 0.15) is 5.56 Å². The van der Waals surface area contributed by atoms with Crippen molar-refractivity contribution >= 4 is 11.6 Å². The highest BCUT2D eigenvalue weighted by atomic mass is 35.5. The molecule has 0 radical (unpaired) electrons. The van der Waals surface area contributed by atoms with Crippen molar-refractivity contribution in [2.45, 2.75) is 38.0 Å². The summed E-state index contributed by atoms with van der Waals surface area (Å²) >= 11 is 5.72. The van der Waals surface area contributed by atoms with Crippen molar-refractivity contribution < 1.29 is 27.4 Å². The molecular weight excluding hydrogens is 333 g/mol. The third kappa shape index (κ3) is 3.38. The molecule has 1 aliphatic rings. The molecule has 1 unspecified atom stereocenters. The van der Waals surface area contributed by atoms with Crippen molar-refractivity contribution in [3.63, 3.8) is 0 Å². The van der Waals surface area contributed by atoms with Gasteiger partial charge in [-0.2, -0.15) is 13.2 Å². The van der Waals surface area contributed by atoms with Crippen molar-refractivity contribution in [1.29, 1.82) is 0 Å². The van der Waals surface area contributed by atoms with E-state index in [2.05, 4.69) is 0 Å². The smallest absolute Gasteiger partial charge is 0.420 e. The van der Waals surface area contributed by atoms with Crippen LogP contribution in [0.2, 0.25) is 0 Å². The maximum absolute atomic E-state index is 13.8. The van der Waals surface area contributed by atoms with Crippen LogP contribution in [0.1, 0.15) is 36.5 Å². The number of alkyl halides is 4. The highest BCUT2D eigenvalue weighted by Gasteiger charge is 2.46. The zero-order chi connectivity index (χ0) is 17.3. The topological polar surface area (TPSA) is 27.7 Å². The molecule has 0 spiro atoms. The second kappa shape index (κ2) is 6.77. The fourth-order valence-corrected chi connectivity index (χ4v) is 3.31. The highest BCUT2D eigenvalue weighted by Crippen LogP contribution is 2.51. The van der Waals surface area contributed by atoms with E-state index in [0.717, 1.165) is 0 Å². The number of halogens is 4. The zero-order valence-corrected chi connectivity index (χ0v) is 14.1. The minimum atomic E-state index is -4.58. The third-order valence-electron chi connectivity index (χ3n) is 4.14. The molecule has 3 nitrogen and oxygen atoms in total. The fraction of sp³-hybridized carbons (Fsp3) is 0.625. The van der Waals surface area contributed by atoms with Gasteiger partial charge in [0, 0.05) is 11.4 Å². The predicted molar refractivity (Wildman–Crippen MR) is 81.5 cm³/mol. The molecule has 0 fully saturated rings. The SMILES string of the molecule is COc1cc2c(c(C(F)(F)F)c1OC)C(C)(CCCCl)OCC2. The number of fused-ring (bicyclic) bond motifs is 1. The minimum Gasteiger partial charge on any atom is -0.493 e. The molecular formula is C16H20ClF3O3. The molecule has 130 valence electrons. The van der Waals surface area contributed by atoms with E-state index in [4.69, 9.17) is 25.8 Å². The molecule has 0 aliphatic carbocycles. The van der Waals surface area contributed by atoms with Gasteiger partial charge in [-0.3, -0.25) is 0 Å². The zero-order valence-electron chi connectivity index (χ0n) is 13.3. The van der Waals surface area contributed by atoms with Gasteiger partial charge in [0.05, 0.1) is 26.4 Å². The van der Waals surface area contributed by atoms with Crippen LogP contribution in [0.5, 0.6) is 11.5 Å². The lowest BCUT2D eigenvalue weighted by molar-refractivity contribution is -0.144. The quantitative estimate of drug-likeness (QED) is 0.729. The molecule has 1 aromatic rings. The molecule has 0 amide bonds. The highest BCUT2D eigenvalue weighted by molar-refractivity contribution is 6.17. The lowest BCUT2D eigenvalue weighted by Gasteiger charge is -2.39.